The minimum atomic E-state index is -4.75. The molecule has 0 fully saturated rings. The maximum Gasteiger partial charge on any atom is 0.573 e. The second-order valence-electron chi connectivity index (χ2n) is 4.75. The number of hydrogen-bond acceptors (Lipinski definition) is 2. The molecule has 2 rings (SSSR count). The molecule has 3 nitrogen and oxygen atoms in total. The van der Waals surface area contributed by atoms with E-state index in [1.54, 1.807) is 12.1 Å². The molecule has 1 N–H and O–H groups in total. The predicted octanol–water partition coefficient (Wildman–Crippen LogP) is 4.30. The van der Waals surface area contributed by atoms with Gasteiger partial charge in [0.05, 0.1) is 0 Å². The summed E-state index contributed by atoms with van der Waals surface area (Å²) in [7, 11) is 0. The van der Waals surface area contributed by atoms with Gasteiger partial charge in [0.2, 0.25) is 5.91 Å². The number of benzene rings is 2. The quantitative estimate of drug-likeness (QED) is 0.832. The van der Waals surface area contributed by atoms with Crippen LogP contribution in [0.3, 0.4) is 0 Å². The number of rotatable bonds is 5. The zero-order valence-electron chi connectivity index (χ0n) is 11.9. The lowest BCUT2D eigenvalue weighted by molar-refractivity contribution is -0.274. The first kappa shape index (κ1) is 16.8. The van der Waals surface area contributed by atoms with Crippen molar-refractivity contribution in [3.05, 3.63) is 59.9 Å². The molecule has 0 saturated heterocycles. The van der Waals surface area contributed by atoms with Crippen LogP contribution < -0.4 is 10.1 Å². The van der Waals surface area contributed by atoms with Crippen LogP contribution in [0.1, 0.15) is 12.0 Å². The maximum absolute atomic E-state index is 12.7. The Morgan fingerprint density at radius 1 is 1.00 bits per heavy atom. The highest BCUT2D eigenvalue weighted by molar-refractivity contribution is 5.90. The summed E-state index contributed by atoms with van der Waals surface area (Å²) in [6.45, 7) is 0. The van der Waals surface area contributed by atoms with Gasteiger partial charge in [-0.1, -0.05) is 12.1 Å². The van der Waals surface area contributed by atoms with E-state index in [-0.39, 0.29) is 23.9 Å². The van der Waals surface area contributed by atoms with Gasteiger partial charge in [-0.25, -0.2) is 4.39 Å². The minimum Gasteiger partial charge on any atom is -0.406 e. The van der Waals surface area contributed by atoms with Gasteiger partial charge in [-0.3, -0.25) is 4.79 Å². The third-order valence-corrected chi connectivity index (χ3v) is 2.93. The lowest BCUT2D eigenvalue weighted by Crippen LogP contribution is -2.17. The van der Waals surface area contributed by atoms with Crippen molar-refractivity contribution in [2.45, 2.75) is 19.2 Å². The third-order valence-electron chi connectivity index (χ3n) is 2.93. The van der Waals surface area contributed by atoms with Crippen molar-refractivity contribution in [1.82, 2.24) is 0 Å². The topological polar surface area (TPSA) is 38.3 Å². The van der Waals surface area contributed by atoms with Crippen molar-refractivity contribution in [1.29, 1.82) is 0 Å². The SMILES string of the molecule is O=C(CCc1ccc(F)cc1)Nc1ccc(OC(F)(F)F)cc1. The number of anilines is 1. The lowest BCUT2D eigenvalue weighted by atomic mass is 10.1. The summed E-state index contributed by atoms with van der Waals surface area (Å²) in [6.07, 6.45) is -4.15. The molecule has 23 heavy (non-hydrogen) atoms. The molecule has 0 unspecified atom stereocenters. The van der Waals surface area contributed by atoms with E-state index in [2.05, 4.69) is 10.1 Å². The van der Waals surface area contributed by atoms with Gasteiger partial charge in [0.1, 0.15) is 11.6 Å². The van der Waals surface area contributed by atoms with Crippen LogP contribution in [0.25, 0.3) is 0 Å². The van der Waals surface area contributed by atoms with Crippen LogP contribution in [0.15, 0.2) is 48.5 Å². The predicted molar refractivity (Wildman–Crippen MR) is 76.5 cm³/mol. The van der Waals surface area contributed by atoms with E-state index >= 15 is 0 Å². The standard InChI is InChI=1S/C16H13F4NO2/c17-12-4-1-11(2-5-12)3-10-15(22)21-13-6-8-14(9-7-13)23-16(18,19)20/h1-2,4-9H,3,10H2,(H,21,22). The summed E-state index contributed by atoms with van der Waals surface area (Å²) < 4.78 is 52.6. The Balaban J connectivity index is 1.84. The number of alkyl halides is 3. The van der Waals surface area contributed by atoms with Crippen LogP contribution in [0, 0.1) is 5.82 Å². The van der Waals surface area contributed by atoms with Crippen LogP contribution in [-0.4, -0.2) is 12.3 Å². The van der Waals surface area contributed by atoms with E-state index in [9.17, 15) is 22.4 Å². The van der Waals surface area contributed by atoms with Crippen LogP contribution in [-0.2, 0) is 11.2 Å². The van der Waals surface area contributed by atoms with Gasteiger partial charge in [0.15, 0.2) is 0 Å². The highest BCUT2D eigenvalue weighted by atomic mass is 19.4. The average molecular weight is 327 g/mol. The normalized spacial score (nSPS) is 11.1. The molecule has 0 spiro atoms. The van der Waals surface area contributed by atoms with Gasteiger partial charge < -0.3 is 10.1 Å². The Kier molecular flexibility index (Phi) is 5.20. The molecule has 0 radical (unpaired) electrons. The number of carbonyl (C=O) groups is 1. The molecule has 1 amide bonds. The van der Waals surface area contributed by atoms with Crippen molar-refractivity contribution in [3.63, 3.8) is 0 Å². The average Bonchev–Trinajstić information content (AvgIpc) is 2.47. The Hall–Kier alpha value is -2.57. The van der Waals surface area contributed by atoms with Crippen molar-refractivity contribution in [3.8, 4) is 5.75 Å². The molecule has 7 heteroatoms. The fraction of sp³-hybridized carbons (Fsp3) is 0.188. The number of aryl methyl sites for hydroxylation is 1. The minimum absolute atomic E-state index is 0.173. The van der Waals surface area contributed by atoms with E-state index in [1.807, 2.05) is 0 Å². The number of amides is 1. The third kappa shape index (κ3) is 5.98. The first-order valence-corrected chi connectivity index (χ1v) is 6.72. The van der Waals surface area contributed by atoms with Crippen molar-refractivity contribution < 1.29 is 27.1 Å². The fourth-order valence-corrected chi connectivity index (χ4v) is 1.87. The fourth-order valence-electron chi connectivity index (χ4n) is 1.87. The summed E-state index contributed by atoms with van der Waals surface area (Å²) in [4.78, 5) is 11.8. The Bertz CT molecular complexity index is 651. The number of ether oxygens (including phenoxy) is 1. The molecule has 0 saturated carbocycles. The maximum atomic E-state index is 12.7. The molecular weight excluding hydrogens is 314 g/mol. The Labute approximate surface area is 129 Å². The molecule has 2 aromatic carbocycles. The number of carbonyl (C=O) groups excluding carboxylic acids is 1. The van der Waals surface area contributed by atoms with E-state index in [0.29, 0.717) is 12.1 Å². The second kappa shape index (κ2) is 7.13. The van der Waals surface area contributed by atoms with E-state index in [1.165, 1.54) is 24.3 Å². The summed E-state index contributed by atoms with van der Waals surface area (Å²) in [5.74, 6) is -1.00. The lowest BCUT2D eigenvalue weighted by Gasteiger charge is -2.10. The number of halogens is 4. The van der Waals surface area contributed by atoms with Crippen LogP contribution in [0.5, 0.6) is 5.75 Å². The largest absolute Gasteiger partial charge is 0.573 e. The summed E-state index contributed by atoms with van der Waals surface area (Å²) in [5.41, 5.74) is 1.18. The zero-order chi connectivity index (χ0) is 16.9. The van der Waals surface area contributed by atoms with Crippen LogP contribution in [0.2, 0.25) is 0 Å². The highest BCUT2D eigenvalue weighted by Gasteiger charge is 2.30. The molecule has 0 bridgehead atoms. The second-order valence-corrected chi connectivity index (χ2v) is 4.75. The monoisotopic (exact) mass is 327 g/mol. The first-order chi connectivity index (χ1) is 10.8. The van der Waals surface area contributed by atoms with E-state index in [4.69, 9.17) is 0 Å². The summed E-state index contributed by atoms with van der Waals surface area (Å²) >= 11 is 0. The molecule has 0 atom stereocenters. The molecule has 0 aliphatic carbocycles. The van der Waals surface area contributed by atoms with Crippen LogP contribution >= 0.6 is 0 Å². The Morgan fingerprint density at radius 3 is 2.17 bits per heavy atom. The molecule has 0 aromatic heterocycles. The smallest absolute Gasteiger partial charge is 0.406 e. The van der Waals surface area contributed by atoms with Gasteiger partial charge >= 0.3 is 6.36 Å². The molecule has 0 aliphatic rings. The van der Waals surface area contributed by atoms with Crippen molar-refractivity contribution in [2.24, 2.45) is 0 Å². The number of nitrogens with one attached hydrogen (secondary N) is 1. The van der Waals surface area contributed by atoms with Gasteiger partial charge in [-0.2, -0.15) is 0 Å². The highest BCUT2D eigenvalue weighted by Crippen LogP contribution is 2.24. The Morgan fingerprint density at radius 2 is 1.61 bits per heavy atom. The molecule has 0 aliphatic heterocycles. The van der Waals surface area contributed by atoms with Gasteiger partial charge in [-0.05, 0) is 48.4 Å². The van der Waals surface area contributed by atoms with Gasteiger partial charge in [0, 0.05) is 12.1 Å². The van der Waals surface area contributed by atoms with Crippen LogP contribution in [0.4, 0.5) is 23.2 Å². The molecular formula is C16H13F4NO2. The van der Waals surface area contributed by atoms with Gasteiger partial charge in [-0.15, -0.1) is 13.2 Å². The number of hydrogen-bond donors (Lipinski definition) is 1. The summed E-state index contributed by atoms with van der Waals surface area (Å²) in [5, 5.41) is 2.56. The van der Waals surface area contributed by atoms with E-state index < -0.39 is 6.36 Å². The first-order valence-electron chi connectivity index (χ1n) is 6.72. The molecule has 0 heterocycles. The van der Waals surface area contributed by atoms with Crippen molar-refractivity contribution >= 4 is 11.6 Å². The van der Waals surface area contributed by atoms with Gasteiger partial charge in [0.25, 0.3) is 0 Å². The van der Waals surface area contributed by atoms with Crippen molar-refractivity contribution in [2.75, 3.05) is 5.32 Å². The van der Waals surface area contributed by atoms with E-state index in [0.717, 1.165) is 17.7 Å². The summed E-state index contributed by atoms with van der Waals surface area (Å²) in [6, 6.07) is 10.7. The molecule has 122 valence electrons. The zero-order valence-corrected chi connectivity index (χ0v) is 11.9. The molecule has 2 aromatic rings.